The van der Waals surface area contributed by atoms with Crippen LogP contribution in [0.25, 0.3) is 0 Å². The minimum absolute atomic E-state index is 0.110. The second kappa shape index (κ2) is 8.63. The zero-order valence-corrected chi connectivity index (χ0v) is 17.3. The fourth-order valence-corrected chi connectivity index (χ4v) is 5.78. The summed E-state index contributed by atoms with van der Waals surface area (Å²) in [5.41, 5.74) is 0.512. The van der Waals surface area contributed by atoms with Crippen molar-refractivity contribution in [2.75, 3.05) is 24.6 Å². The van der Waals surface area contributed by atoms with E-state index in [0.29, 0.717) is 23.7 Å². The highest BCUT2D eigenvalue weighted by atomic mass is 32.2. The number of halogens is 1. The van der Waals surface area contributed by atoms with Gasteiger partial charge in [-0.2, -0.15) is 0 Å². The Morgan fingerprint density at radius 2 is 2.00 bits per heavy atom. The van der Waals surface area contributed by atoms with Crippen LogP contribution in [-0.2, 0) is 20.3 Å². The van der Waals surface area contributed by atoms with E-state index in [1.165, 1.54) is 13.8 Å². The molecule has 3 aliphatic rings. The summed E-state index contributed by atoms with van der Waals surface area (Å²) in [6, 6.07) is -0.0567. The third kappa shape index (κ3) is 4.56. The van der Waals surface area contributed by atoms with Crippen LogP contribution in [0.4, 0.5) is 9.18 Å². The second-order valence-electron chi connectivity index (χ2n) is 7.68. The van der Waals surface area contributed by atoms with E-state index in [2.05, 4.69) is 10.2 Å². The van der Waals surface area contributed by atoms with Crippen LogP contribution in [0.5, 0.6) is 0 Å². The number of nitrogens with one attached hydrogen (secondary N) is 1. The van der Waals surface area contributed by atoms with E-state index in [1.54, 1.807) is 17.1 Å². The third-order valence-corrected chi connectivity index (χ3v) is 7.03. The van der Waals surface area contributed by atoms with Crippen LogP contribution in [0, 0.1) is 0 Å². The topological polar surface area (TPSA) is 79.0 Å². The summed E-state index contributed by atoms with van der Waals surface area (Å²) in [6.07, 6.45) is 4.56. The van der Waals surface area contributed by atoms with E-state index < -0.39 is 23.0 Å². The van der Waals surface area contributed by atoms with E-state index >= 15 is 0 Å². The highest BCUT2D eigenvalue weighted by molar-refractivity contribution is 7.85. The predicted molar refractivity (Wildman–Crippen MR) is 105 cm³/mol. The van der Waals surface area contributed by atoms with Crippen molar-refractivity contribution in [1.29, 1.82) is 0 Å². The van der Waals surface area contributed by atoms with Crippen LogP contribution >= 0.6 is 0 Å². The van der Waals surface area contributed by atoms with Gasteiger partial charge in [-0.3, -0.25) is 13.9 Å². The molecule has 2 bridgehead atoms. The average molecular weight is 414 g/mol. The average Bonchev–Trinajstić information content (AvgIpc) is 3.10. The molecule has 7 nitrogen and oxygen atoms in total. The molecule has 3 heterocycles. The Morgan fingerprint density at radius 1 is 1.36 bits per heavy atom. The summed E-state index contributed by atoms with van der Waals surface area (Å²) in [6.45, 7) is 5.34. The molecule has 0 spiro atoms. The molecule has 28 heavy (non-hydrogen) atoms. The Morgan fingerprint density at radius 3 is 2.57 bits per heavy atom. The zero-order chi connectivity index (χ0) is 20.4. The van der Waals surface area contributed by atoms with Crippen molar-refractivity contribution in [3.63, 3.8) is 0 Å². The SMILES string of the molecule is CC(=O)NC[C@H]1CN(C(C)/C=C\C(=C(/C)F)N2C3CCC2CS(=O)C3)C(=O)O1. The number of ether oxygens (including phenoxy) is 1. The highest BCUT2D eigenvalue weighted by Crippen LogP contribution is 2.35. The largest absolute Gasteiger partial charge is 0.442 e. The molecular formula is C19H28FN3O4S. The smallest absolute Gasteiger partial charge is 0.410 e. The lowest BCUT2D eigenvalue weighted by Gasteiger charge is -2.37. The molecule has 0 saturated carbocycles. The van der Waals surface area contributed by atoms with Gasteiger partial charge in [0.1, 0.15) is 11.9 Å². The van der Waals surface area contributed by atoms with Gasteiger partial charge < -0.3 is 15.0 Å². The van der Waals surface area contributed by atoms with Crippen molar-refractivity contribution in [2.24, 2.45) is 0 Å². The molecular weight excluding hydrogens is 385 g/mol. The molecule has 0 aromatic rings. The molecule has 0 aliphatic carbocycles. The predicted octanol–water partition coefficient (Wildman–Crippen LogP) is 1.68. The van der Waals surface area contributed by atoms with Gasteiger partial charge in [0, 0.05) is 41.3 Å². The summed E-state index contributed by atoms with van der Waals surface area (Å²) in [4.78, 5) is 26.8. The van der Waals surface area contributed by atoms with Crippen molar-refractivity contribution in [3.8, 4) is 0 Å². The molecule has 3 unspecified atom stereocenters. The van der Waals surface area contributed by atoms with Gasteiger partial charge >= 0.3 is 6.09 Å². The lowest BCUT2D eigenvalue weighted by atomic mass is 10.2. The molecule has 0 radical (unpaired) electrons. The summed E-state index contributed by atoms with van der Waals surface area (Å²) in [5.74, 6) is 0.716. The summed E-state index contributed by atoms with van der Waals surface area (Å²) >= 11 is 0. The minimum atomic E-state index is -0.827. The van der Waals surface area contributed by atoms with E-state index in [-0.39, 0.29) is 36.4 Å². The van der Waals surface area contributed by atoms with E-state index in [9.17, 15) is 18.2 Å². The maximum Gasteiger partial charge on any atom is 0.410 e. The van der Waals surface area contributed by atoms with Crippen LogP contribution in [0.1, 0.15) is 33.6 Å². The fourth-order valence-electron chi connectivity index (χ4n) is 4.13. The number of amides is 2. The first kappa shape index (κ1) is 20.8. The summed E-state index contributed by atoms with van der Waals surface area (Å²) in [5, 5.41) is 2.65. The first-order chi connectivity index (χ1) is 13.3. The van der Waals surface area contributed by atoms with E-state index in [4.69, 9.17) is 4.74 Å². The van der Waals surface area contributed by atoms with Gasteiger partial charge in [-0.25, -0.2) is 9.18 Å². The first-order valence-electron chi connectivity index (χ1n) is 9.65. The number of hydrogen-bond donors (Lipinski definition) is 1. The fraction of sp³-hybridized carbons (Fsp3) is 0.684. The van der Waals surface area contributed by atoms with Crippen molar-refractivity contribution >= 4 is 22.8 Å². The minimum Gasteiger partial charge on any atom is -0.442 e. The molecule has 3 rings (SSSR count). The van der Waals surface area contributed by atoms with Crippen molar-refractivity contribution in [1.82, 2.24) is 15.1 Å². The first-order valence-corrected chi connectivity index (χ1v) is 11.1. The van der Waals surface area contributed by atoms with Gasteiger partial charge in [0.25, 0.3) is 0 Å². The van der Waals surface area contributed by atoms with Gasteiger partial charge in [-0.05, 0) is 32.8 Å². The van der Waals surface area contributed by atoms with E-state index in [0.717, 1.165) is 12.8 Å². The Kier molecular flexibility index (Phi) is 6.42. The van der Waals surface area contributed by atoms with Gasteiger partial charge in [0.05, 0.1) is 24.8 Å². The lowest BCUT2D eigenvalue weighted by Crippen LogP contribution is -2.46. The van der Waals surface area contributed by atoms with Gasteiger partial charge in [-0.15, -0.1) is 0 Å². The second-order valence-corrected chi connectivity index (χ2v) is 9.23. The highest BCUT2D eigenvalue weighted by Gasteiger charge is 2.41. The molecule has 9 heteroatoms. The number of fused-ring (bicyclic) bond motifs is 2. The monoisotopic (exact) mass is 413 g/mol. The quantitative estimate of drug-likeness (QED) is 0.671. The molecule has 1 N–H and O–H groups in total. The maximum atomic E-state index is 14.3. The Bertz CT molecular complexity index is 706. The molecule has 0 aromatic heterocycles. The third-order valence-electron chi connectivity index (χ3n) is 5.51. The molecule has 3 aliphatic heterocycles. The summed E-state index contributed by atoms with van der Waals surface area (Å²) < 4.78 is 31.5. The number of carbonyl (C=O) groups is 2. The van der Waals surface area contributed by atoms with Crippen LogP contribution in [0.2, 0.25) is 0 Å². The number of carbonyl (C=O) groups excluding carboxylic acids is 2. The number of rotatable bonds is 6. The van der Waals surface area contributed by atoms with Crippen LogP contribution < -0.4 is 5.32 Å². The van der Waals surface area contributed by atoms with Gasteiger partial charge in [0.15, 0.2) is 0 Å². The van der Waals surface area contributed by atoms with Crippen molar-refractivity contribution in [3.05, 3.63) is 23.7 Å². The van der Waals surface area contributed by atoms with Crippen LogP contribution in [0.3, 0.4) is 0 Å². The van der Waals surface area contributed by atoms with E-state index in [1.807, 2.05) is 6.92 Å². The molecule has 156 valence electrons. The Balaban J connectivity index is 1.66. The van der Waals surface area contributed by atoms with Crippen molar-refractivity contribution < 1.29 is 22.9 Å². The Labute approximate surface area is 167 Å². The van der Waals surface area contributed by atoms with Crippen molar-refractivity contribution in [2.45, 2.75) is 57.8 Å². The Hall–Kier alpha value is -1.90. The van der Waals surface area contributed by atoms with Crippen LogP contribution in [0.15, 0.2) is 23.7 Å². The summed E-state index contributed by atoms with van der Waals surface area (Å²) in [7, 11) is -0.827. The number of cyclic esters (lactones) is 1. The lowest BCUT2D eigenvalue weighted by molar-refractivity contribution is -0.119. The van der Waals surface area contributed by atoms with Gasteiger partial charge in [0.2, 0.25) is 5.91 Å². The van der Waals surface area contributed by atoms with Crippen LogP contribution in [-0.4, -0.2) is 74.8 Å². The number of allylic oxidation sites excluding steroid dienone is 2. The van der Waals surface area contributed by atoms with Gasteiger partial charge in [-0.1, -0.05) is 6.08 Å². The standard InChI is InChI=1S/C19H28FN3O4S/c1-12(22-9-17(27-19(22)25)8-21-14(3)24)4-7-18(13(2)20)23-15-5-6-16(23)11-28(26)10-15/h4,7,12,15-17H,5-6,8-11H2,1-3H3,(H,21,24)/b7-4-,18-13-/t12?,15?,16?,17-,28?/m0/s1. The normalized spacial score (nSPS) is 31.8. The molecule has 2 amide bonds. The molecule has 0 aromatic carbocycles. The molecule has 3 saturated heterocycles. The molecule has 3 fully saturated rings. The number of hydrogen-bond acceptors (Lipinski definition) is 5. The maximum absolute atomic E-state index is 14.3. The number of nitrogens with zero attached hydrogens (tertiary/aromatic N) is 2. The molecule has 4 atom stereocenters. The zero-order valence-electron chi connectivity index (χ0n) is 16.5.